The molecule has 2 fully saturated rings. The molecule has 2 aliphatic rings. The summed E-state index contributed by atoms with van der Waals surface area (Å²) in [5.74, 6) is 0.722. The molecule has 0 amide bonds. The van der Waals surface area contributed by atoms with Crippen LogP contribution >= 0.6 is 11.8 Å². The van der Waals surface area contributed by atoms with Crippen molar-refractivity contribution in [2.75, 3.05) is 24.6 Å². The molecule has 5 rings (SSSR count). The molecule has 0 bridgehead atoms. The van der Waals surface area contributed by atoms with Crippen molar-refractivity contribution in [3.8, 4) is 0 Å². The molecule has 2 aliphatic heterocycles. The van der Waals surface area contributed by atoms with Crippen LogP contribution < -0.4 is 10.6 Å². The molecular formula is C21H23F3N6OS. The highest BCUT2D eigenvalue weighted by Crippen LogP contribution is 2.43. The van der Waals surface area contributed by atoms with Crippen LogP contribution in [-0.4, -0.2) is 51.2 Å². The predicted molar refractivity (Wildman–Crippen MR) is 114 cm³/mol. The van der Waals surface area contributed by atoms with E-state index < -0.39 is 11.9 Å². The van der Waals surface area contributed by atoms with Crippen molar-refractivity contribution >= 4 is 23.4 Å². The maximum absolute atomic E-state index is 13.4. The fourth-order valence-corrected chi connectivity index (χ4v) is 5.61. The van der Waals surface area contributed by atoms with Gasteiger partial charge in [-0.05, 0) is 31.9 Å². The quantitative estimate of drug-likeness (QED) is 0.634. The molecule has 3 aromatic heterocycles. The first-order chi connectivity index (χ1) is 15.3. The van der Waals surface area contributed by atoms with Gasteiger partial charge >= 0.3 is 6.18 Å². The lowest BCUT2D eigenvalue weighted by Gasteiger charge is -2.41. The number of rotatable bonds is 3. The van der Waals surface area contributed by atoms with Crippen molar-refractivity contribution in [1.82, 2.24) is 19.4 Å². The predicted octanol–water partition coefficient (Wildman–Crippen LogP) is 3.63. The van der Waals surface area contributed by atoms with Crippen LogP contribution in [0.25, 0.3) is 5.65 Å². The van der Waals surface area contributed by atoms with Crippen LogP contribution in [0.15, 0.2) is 46.7 Å². The van der Waals surface area contributed by atoms with E-state index in [4.69, 9.17) is 10.5 Å². The van der Waals surface area contributed by atoms with Gasteiger partial charge in [0.15, 0.2) is 11.3 Å². The molecule has 2 atom stereocenters. The minimum atomic E-state index is -4.53. The monoisotopic (exact) mass is 464 g/mol. The van der Waals surface area contributed by atoms with Crippen LogP contribution in [0.5, 0.6) is 0 Å². The summed E-state index contributed by atoms with van der Waals surface area (Å²) in [4.78, 5) is 15.2. The van der Waals surface area contributed by atoms with Gasteiger partial charge < -0.3 is 15.4 Å². The van der Waals surface area contributed by atoms with Gasteiger partial charge in [-0.3, -0.25) is 9.38 Å². The van der Waals surface area contributed by atoms with E-state index in [0.29, 0.717) is 17.1 Å². The average Bonchev–Trinajstić information content (AvgIpc) is 3.37. The van der Waals surface area contributed by atoms with Crippen LogP contribution in [-0.2, 0) is 10.9 Å². The number of alkyl halides is 3. The van der Waals surface area contributed by atoms with Crippen molar-refractivity contribution in [2.45, 2.75) is 47.9 Å². The first-order valence-corrected chi connectivity index (χ1v) is 11.2. The van der Waals surface area contributed by atoms with Gasteiger partial charge in [-0.15, -0.1) is 0 Å². The topological polar surface area (TPSA) is 81.6 Å². The molecule has 0 aromatic carbocycles. The number of anilines is 1. The molecule has 0 radical (unpaired) electrons. The fraction of sp³-hybridized carbons (Fsp3) is 0.476. The number of fused-ring (bicyclic) bond motifs is 1. The number of hydrogen-bond acceptors (Lipinski definition) is 7. The van der Waals surface area contributed by atoms with Crippen LogP contribution in [0.3, 0.4) is 0 Å². The third-order valence-electron chi connectivity index (χ3n) is 6.52. The highest BCUT2D eigenvalue weighted by Gasteiger charge is 2.47. The van der Waals surface area contributed by atoms with Gasteiger partial charge in [-0.1, -0.05) is 11.8 Å². The number of piperidine rings is 1. The van der Waals surface area contributed by atoms with Gasteiger partial charge in [0.05, 0.1) is 17.6 Å². The van der Waals surface area contributed by atoms with Crippen molar-refractivity contribution in [3.63, 3.8) is 0 Å². The first kappa shape index (κ1) is 21.5. The maximum Gasteiger partial charge on any atom is 0.434 e. The van der Waals surface area contributed by atoms with E-state index in [1.54, 1.807) is 18.6 Å². The standard InChI is InChI=1S/C21H23F3N6OS/c1-13-16(25)20(12-31-13)4-8-29(9-5-20)19-28-11-15(18-27-7-10-30(18)19)32-14-3-2-6-26-17(14)21(22,23)24/h2-3,6-7,10-11,13,16H,4-5,8-9,12,25H2,1H3/t13-,16+/m0/s1. The number of aromatic nitrogens is 4. The van der Waals surface area contributed by atoms with Crippen molar-refractivity contribution < 1.29 is 17.9 Å². The summed E-state index contributed by atoms with van der Waals surface area (Å²) in [6.45, 7) is 4.25. The summed E-state index contributed by atoms with van der Waals surface area (Å²) in [6, 6.07) is 2.92. The third kappa shape index (κ3) is 3.61. The smallest absolute Gasteiger partial charge is 0.376 e. The van der Waals surface area contributed by atoms with E-state index in [2.05, 4.69) is 19.9 Å². The second kappa shape index (κ2) is 7.89. The molecule has 2 N–H and O–H groups in total. The van der Waals surface area contributed by atoms with E-state index in [1.807, 2.05) is 11.3 Å². The minimum Gasteiger partial charge on any atom is -0.376 e. The molecule has 32 heavy (non-hydrogen) atoms. The van der Waals surface area contributed by atoms with E-state index in [1.165, 1.54) is 12.1 Å². The van der Waals surface area contributed by atoms with Gasteiger partial charge in [0.25, 0.3) is 0 Å². The van der Waals surface area contributed by atoms with E-state index >= 15 is 0 Å². The van der Waals surface area contributed by atoms with Crippen LogP contribution in [0.4, 0.5) is 19.1 Å². The highest BCUT2D eigenvalue weighted by molar-refractivity contribution is 7.99. The summed E-state index contributed by atoms with van der Waals surface area (Å²) in [5.41, 5.74) is 6.06. The van der Waals surface area contributed by atoms with Gasteiger partial charge in [0.2, 0.25) is 5.95 Å². The molecule has 1 spiro atoms. The Morgan fingerprint density at radius 1 is 1.16 bits per heavy atom. The Morgan fingerprint density at radius 2 is 1.94 bits per heavy atom. The minimum absolute atomic E-state index is 0.00589. The summed E-state index contributed by atoms with van der Waals surface area (Å²) in [6.07, 6.45) is 3.48. The third-order valence-corrected chi connectivity index (χ3v) is 7.58. The van der Waals surface area contributed by atoms with Crippen molar-refractivity contribution in [2.24, 2.45) is 11.1 Å². The largest absolute Gasteiger partial charge is 0.434 e. The van der Waals surface area contributed by atoms with Gasteiger partial charge in [0.1, 0.15) is 0 Å². The average molecular weight is 465 g/mol. The molecule has 2 saturated heterocycles. The zero-order valence-electron chi connectivity index (χ0n) is 17.4. The Hall–Kier alpha value is -2.37. The number of halogens is 3. The molecule has 0 aliphatic carbocycles. The number of nitrogens with two attached hydrogens (primary N) is 1. The van der Waals surface area contributed by atoms with Crippen molar-refractivity contribution in [1.29, 1.82) is 0 Å². The summed E-state index contributed by atoms with van der Waals surface area (Å²) in [7, 11) is 0. The number of nitrogens with zero attached hydrogens (tertiary/aromatic N) is 5. The lowest BCUT2D eigenvalue weighted by Crippen LogP contribution is -2.51. The Kier molecular flexibility index (Phi) is 5.30. The number of imidazole rings is 1. The SMILES string of the molecule is C[C@@H]1OCC2(CCN(c3ncc(Sc4cccnc4C(F)(F)F)c4nccn34)CC2)[C@@H]1N. The molecule has 0 saturated carbocycles. The number of ether oxygens (including phenoxy) is 1. The van der Waals surface area contributed by atoms with E-state index in [0.717, 1.165) is 49.8 Å². The Labute approximate surface area is 187 Å². The van der Waals surface area contributed by atoms with Gasteiger partial charge in [0, 0.05) is 54.2 Å². The zero-order valence-corrected chi connectivity index (χ0v) is 18.2. The van der Waals surface area contributed by atoms with Crippen LogP contribution in [0, 0.1) is 5.41 Å². The lowest BCUT2D eigenvalue weighted by atomic mass is 9.73. The highest BCUT2D eigenvalue weighted by atomic mass is 32.2. The van der Waals surface area contributed by atoms with Gasteiger partial charge in [-0.2, -0.15) is 13.2 Å². The maximum atomic E-state index is 13.4. The molecule has 170 valence electrons. The second-order valence-electron chi connectivity index (χ2n) is 8.38. The Bertz CT molecular complexity index is 1130. The van der Waals surface area contributed by atoms with E-state index in [9.17, 15) is 13.2 Å². The zero-order chi connectivity index (χ0) is 22.5. The fourth-order valence-electron chi connectivity index (χ4n) is 4.62. The molecular weight excluding hydrogens is 441 g/mol. The molecule has 11 heteroatoms. The normalized spacial score (nSPS) is 23.3. The second-order valence-corrected chi connectivity index (χ2v) is 9.47. The number of hydrogen-bond donors (Lipinski definition) is 1. The molecule has 3 aromatic rings. The van der Waals surface area contributed by atoms with Crippen molar-refractivity contribution in [3.05, 3.63) is 42.6 Å². The summed E-state index contributed by atoms with van der Waals surface area (Å²) >= 11 is 0.966. The molecule has 5 heterocycles. The lowest BCUT2D eigenvalue weighted by molar-refractivity contribution is -0.143. The molecule has 0 unspecified atom stereocenters. The van der Waals surface area contributed by atoms with E-state index in [-0.39, 0.29) is 22.5 Å². The summed E-state index contributed by atoms with van der Waals surface area (Å²) in [5, 5.41) is 0. The van der Waals surface area contributed by atoms with Crippen LogP contribution in [0.2, 0.25) is 0 Å². The van der Waals surface area contributed by atoms with Gasteiger partial charge in [-0.25, -0.2) is 9.97 Å². The molecule has 7 nitrogen and oxygen atoms in total. The first-order valence-electron chi connectivity index (χ1n) is 10.4. The summed E-state index contributed by atoms with van der Waals surface area (Å²) < 4.78 is 47.7. The number of pyridine rings is 1. The Morgan fingerprint density at radius 3 is 2.62 bits per heavy atom. The Balaban J connectivity index is 1.41. The van der Waals surface area contributed by atoms with Crippen LogP contribution in [0.1, 0.15) is 25.5 Å².